The molecular weight excluding hydrogens is 154 g/mol. The molecular formula is C9H15NS. The van der Waals surface area contributed by atoms with E-state index in [4.69, 9.17) is 0 Å². The highest BCUT2D eigenvalue weighted by Gasteiger charge is 2.14. The van der Waals surface area contributed by atoms with Crippen LogP contribution in [-0.2, 0) is 6.42 Å². The van der Waals surface area contributed by atoms with Gasteiger partial charge in [-0.15, -0.1) is 0 Å². The number of hydrogen-bond acceptors (Lipinski definition) is 2. The zero-order valence-electron chi connectivity index (χ0n) is 7.35. The van der Waals surface area contributed by atoms with Gasteiger partial charge in [0.1, 0.15) is 0 Å². The van der Waals surface area contributed by atoms with Crippen molar-refractivity contribution in [2.45, 2.75) is 25.8 Å². The summed E-state index contributed by atoms with van der Waals surface area (Å²) in [4.78, 5) is 0. The lowest BCUT2D eigenvalue weighted by atomic mass is 9.97. The van der Waals surface area contributed by atoms with Gasteiger partial charge in [-0.05, 0) is 49.7 Å². The second-order valence-corrected chi connectivity index (χ2v) is 4.22. The smallest absolute Gasteiger partial charge is 0.0162 e. The van der Waals surface area contributed by atoms with Gasteiger partial charge in [0, 0.05) is 5.54 Å². The van der Waals surface area contributed by atoms with E-state index >= 15 is 0 Å². The van der Waals surface area contributed by atoms with Crippen LogP contribution in [0.15, 0.2) is 16.8 Å². The second-order valence-electron chi connectivity index (χ2n) is 3.44. The van der Waals surface area contributed by atoms with Crippen LogP contribution in [0.4, 0.5) is 0 Å². The molecule has 0 spiro atoms. The summed E-state index contributed by atoms with van der Waals surface area (Å²) < 4.78 is 0. The van der Waals surface area contributed by atoms with Crippen molar-refractivity contribution in [3.63, 3.8) is 0 Å². The number of nitrogens with one attached hydrogen (secondary N) is 1. The van der Waals surface area contributed by atoms with Gasteiger partial charge in [-0.25, -0.2) is 0 Å². The summed E-state index contributed by atoms with van der Waals surface area (Å²) in [5, 5.41) is 7.62. The standard InChI is InChI=1S/C9H15NS/c1-9(2,10-3)6-8-4-5-11-7-8/h4-5,7,10H,6H2,1-3H3. The summed E-state index contributed by atoms with van der Waals surface area (Å²) in [6, 6.07) is 2.18. The SMILES string of the molecule is CNC(C)(C)Cc1ccsc1. The summed E-state index contributed by atoms with van der Waals surface area (Å²) in [5.41, 5.74) is 1.65. The second kappa shape index (κ2) is 3.37. The van der Waals surface area contributed by atoms with Gasteiger partial charge in [0.25, 0.3) is 0 Å². The van der Waals surface area contributed by atoms with Crippen LogP contribution in [0.5, 0.6) is 0 Å². The van der Waals surface area contributed by atoms with E-state index in [1.165, 1.54) is 5.56 Å². The van der Waals surface area contributed by atoms with Crippen molar-refractivity contribution in [1.82, 2.24) is 5.32 Å². The van der Waals surface area contributed by atoms with E-state index in [0.29, 0.717) is 0 Å². The molecule has 11 heavy (non-hydrogen) atoms. The first-order valence-electron chi connectivity index (χ1n) is 3.84. The third-order valence-corrected chi connectivity index (χ3v) is 2.63. The van der Waals surface area contributed by atoms with E-state index in [-0.39, 0.29) is 5.54 Å². The van der Waals surface area contributed by atoms with Gasteiger partial charge in [-0.3, -0.25) is 0 Å². The van der Waals surface area contributed by atoms with Crippen molar-refractivity contribution in [2.75, 3.05) is 7.05 Å². The Morgan fingerprint density at radius 2 is 2.27 bits per heavy atom. The molecule has 1 rings (SSSR count). The first-order chi connectivity index (χ1) is 5.14. The van der Waals surface area contributed by atoms with E-state index in [9.17, 15) is 0 Å². The van der Waals surface area contributed by atoms with Gasteiger partial charge in [0.05, 0.1) is 0 Å². The molecule has 0 aliphatic rings. The Hall–Kier alpha value is -0.340. The molecule has 0 saturated heterocycles. The normalized spacial score (nSPS) is 11.9. The predicted molar refractivity (Wildman–Crippen MR) is 51.2 cm³/mol. The van der Waals surface area contributed by atoms with E-state index < -0.39 is 0 Å². The lowest BCUT2D eigenvalue weighted by Crippen LogP contribution is -2.38. The number of rotatable bonds is 3. The van der Waals surface area contributed by atoms with Gasteiger partial charge in [0.2, 0.25) is 0 Å². The quantitative estimate of drug-likeness (QED) is 0.732. The van der Waals surface area contributed by atoms with Crippen LogP contribution in [0.25, 0.3) is 0 Å². The van der Waals surface area contributed by atoms with Crippen LogP contribution in [0.1, 0.15) is 19.4 Å². The lowest BCUT2D eigenvalue weighted by Gasteiger charge is -2.23. The van der Waals surface area contributed by atoms with Gasteiger partial charge in [-0.2, -0.15) is 11.3 Å². The molecule has 0 aliphatic heterocycles. The largest absolute Gasteiger partial charge is 0.314 e. The number of likely N-dealkylation sites (N-methyl/N-ethyl adjacent to an activating group) is 1. The van der Waals surface area contributed by atoms with Gasteiger partial charge >= 0.3 is 0 Å². The maximum atomic E-state index is 3.28. The molecule has 1 heterocycles. The summed E-state index contributed by atoms with van der Waals surface area (Å²) in [6.45, 7) is 4.43. The maximum Gasteiger partial charge on any atom is 0.0162 e. The molecule has 0 unspecified atom stereocenters. The molecule has 62 valence electrons. The first-order valence-corrected chi connectivity index (χ1v) is 4.78. The topological polar surface area (TPSA) is 12.0 Å². The van der Waals surface area contributed by atoms with Crippen molar-refractivity contribution < 1.29 is 0 Å². The molecule has 1 aromatic rings. The van der Waals surface area contributed by atoms with E-state index in [0.717, 1.165) is 6.42 Å². The Kier molecular flexibility index (Phi) is 2.68. The molecule has 0 aliphatic carbocycles. The van der Waals surface area contributed by atoms with Crippen molar-refractivity contribution >= 4 is 11.3 Å². The summed E-state index contributed by atoms with van der Waals surface area (Å²) in [7, 11) is 2.01. The molecule has 1 N–H and O–H groups in total. The monoisotopic (exact) mass is 169 g/mol. The summed E-state index contributed by atoms with van der Waals surface area (Å²) in [6.07, 6.45) is 1.10. The number of thiophene rings is 1. The Balaban J connectivity index is 2.56. The average Bonchev–Trinajstić information content (AvgIpc) is 2.39. The maximum absolute atomic E-state index is 3.28. The lowest BCUT2D eigenvalue weighted by molar-refractivity contribution is 0.422. The Morgan fingerprint density at radius 3 is 2.73 bits per heavy atom. The van der Waals surface area contributed by atoms with E-state index in [1.54, 1.807) is 11.3 Å². The van der Waals surface area contributed by atoms with Gasteiger partial charge in [0.15, 0.2) is 0 Å². The molecule has 1 nitrogen and oxygen atoms in total. The third-order valence-electron chi connectivity index (χ3n) is 1.90. The highest BCUT2D eigenvalue weighted by molar-refractivity contribution is 7.07. The fourth-order valence-corrected chi connectivity index (χ4v) is 1.66. The third kappa shape index (κ3) is 2.64. The number of hydrogen-bond donors (Lipinski definition) is 1. The minimum atomic E-state index is 0.223. The van der Waals surface area contributed by atoms with Crippen LogP contribution >= 0.6 is 11.3 Å². The van der Waals surface area contributed by atoms with Crippen molar-refractivity contribution in [2.24, 2.45) is 0 Å². The Morgan fingerprint density at radius 1 is 1.55 bits per heavy atom. The summed E-state index contributed by atoms with van der Waals surface area (Å²) in [5.74, 6) is 0. The highest BCUT2D eigenvalue weighted by atomic mass is 32.1. The van der Waals surface area contributed by atoms with E-state index in [2.05, 4.69) is 36.0 Å². The Bertz CT molecular complexity index is 201. The fourth-order valence-electron chi connectivity index (χ4n) is 0.992. The van der Waals surface area contributed by atoms with Crippen LogP contribution < -0.4 is 5.32 Å². The van der Waals surface area contributed by atoms with E-state index in [1.807, 2.05) is 7.05 Å². The van der Waals surface area contributed by atoms with Crippen LogP contribution in [-0.4, -0.2) is 12.6 Å². The molecule has 2 heteroatoms. The Labute approximate surface area is 72.4 Å². The zero-order valence-corrected chi connectivity index (χ0v) is 8.16. The van der Waals surface area contributed by atoms with Crippen molar-refractivity contribution in [3.8, 4) is 0 Å². The van der Waals surface area contributed by atoms with Gasteiger partial charge in [-0.1, -0.05) is 0 Å². The molecule has 0 radical (unpaired) electrons. The first kappa shape index (κ1) is 8.75. The predicted octanol–water partition coefficient (Wildman–Crippen LogP) is 2.29. The molecule has 1 aromatic heterocycles. The van der Waals surface area contributed by atoms with Crippen LogP contribution in [0.3, 0.4) is 0 Å². The molecule has 0 atom stereocenters. The van der Waals surface area contributed by atoms with Crippen LogP contribution in [0, 0.1) is 0 Å². The van der Waals surface area contributed by atoms with Gasteiger partial charge < -0.3 is 5.32 Å². The minimum absolute atomic E-state index is 0.223. The molecule has 0 saturated carbocycles. The highest BCUT2D eigenvalue weighted by Crippen LogP contribution is 2.14. The molecule has 0 fully saturated rings. The average molecular weight is 169 g/mol. The van der Waals surface area contributed by atoms with Crippen LogP contribution in [0.2, 0.25) is 0 Å². The molecule has 0 bridgehead atoms. The minimum Gasteiger partial charge on any atom is -0.314 e. The molecule has 0 amide bonds. The van der Waals surface area contributed by atoms with Crippen molar-refractivity contribution in [3.05, 3.63) is 22.4 Å². The van der Waals surface area contributed by atoms with Crippen molar-refractivity contribution in [1.29, 1.82) is 0 Å². The zero-order chi connectivity index (χ0) is 8.32. The fraction of sp³-hybridized carbons (Fsp3) is 0.556. The molecule has 0 aromatic carbocycles. The summed E-state index contributed by atoms with van der Waals surface area (Å²) >= 11 is 1.76.